The van der Waals surface area contributed by atoms with E-state index in [1.54, 1.807) is 0 Å². The lowest BCUT2D eigenvalue weighted by Gasteiger charge is -2.40. The zero-order valence-electron chi connectivity index (χ0n) is 41.5. The maximum Gasteiger partial charge on any atom is 0.251 e. The quantitative estimate of drug-likeness (QED) is 0.0261. The van der Waals surface area contributed by atoms with Crippen molar-refractivity contribution in [2.45, 2.75) is 240 Å². The number of hydrogen-bond donors (Lipinski definition) is 18. The molecule has 18 atom stereocenters. The summed E-state index contributed by atoms with van der Waals surface area (Å²) in [6, 6.07) is 0. The molecule has 2 amide bonds. The summed E-state index contributed by atoms with van der Waals surface area (Å²) < 4.78 is 20.9. The maximum absolute atomic E-state index is 13.5. The first-order valence-electron chi connectivity index (χ1n) is 25.6. The highest BCUT2D eigenvalue weighted by atomic mass is 16.7. The molecule has 0 bridgehead atoms. The van der Waals surface area contributed by atoms with Gasteiger partial charge in [0.1, 0.15) is 85.5 Å². The molecule has 2 saturated heterocycles. The zero-order chi connectivity index (χ0) is 53.3. The average Bonchev–Trinajstić information content (AvgIpc) is 3.37. The van der Waals surface area contributed by atoms with Gasteiger partial charge >= 0.3 is 0 Å². The van der Waals surface area contributed by atoms with E-state index in [9.17, 15) is 91.3 Å². The molecule has 2 aliphatic rings. The minimum Gasteiger partial charge on any atom is -0.394 e. The van der Waals surface area contributed by atoms with Crippen LogP contribution < -0.4 is 10.6 Å². The van der Waals surface area contributed by atoms with Crippen LogP contribution in [0.2, 0.25) is 0 Å². The Kier molecular flexibility index (Phi) is 31.9. The van der Waals surface area contributed by atoms with E-state index in [4.69, 9.17) is 18.9 Å². The Labute approximate surface area is 416 Å². The second-order valence-corrected chi connectivity index (χ2v) is 19.4. The lowest BCUT2D eigenvalue weighted by atomic mass is 9.77. The standard InChI is InChI=1S/C47H90N2O22/c1-3-5-7-9-11-13-15-17-19-47(20-18-16-14-12-10-8-6-4-2,25-48-43(66)39(62)35(58)31(54)27(52)23-68-45-41(64)37(60)33(56)29(21-50)70-45)26-49-44(67)40(63)36(59)32(55)28(53)24-69-46-42(65)38(61)34(57)30(22-51)71-46/h27-42,45-46,50-65H,3-26H2,1-2H3,(H,48,66)(H,49,67)/t27-,28-,29-,30-,31-,32-,33+,34+,35+,36+,37+,38+,39-,40-,41-,42-,45+,46+/m1/s1. The number of rotatable bonds is 38. The Morgan fingerprint density at radius 1 is 0.465 bits per heavy atom. The lowest BCUT2D eigenvalue weighted by molar-refractivity contribution is -0.306. The summed E-state index contributed by atoms with van der Waals surface area (Å²) in [6.07, 6.45) is -18.2. The minimum atomic E-state index is -2.33. The van der Waals surface area contributed by atoms with Crippen LogP contribution >= 0.6 is 0 Å². The first-order chi connectivity index (χ1) is 33.7. The van der Waals surface area contributed by atoms with E-state index in [1.807, 2.05) is 0 Å². The van der Waals surface area contributed by atoms with Gasteiger partial charge < -0.3 is 111 Å². The van der Waals surface area contributed by atoms with Crippen LogP contribution in [-0.4, -0.2) is 243 Å². The van der Waals surface area contributed by atoms with Crippen molar-refractivity contribution in [3.8, 4) is 0 Å². The van der Waals surface area contributed by atoms with E-state index in [0.29, 0.717) is 25.7 Å². The van der Waals surface area contributed by atoms with Crippen LogP contribution in [-0.2, 0) is 28.5 Å². The van der Waals surface area contributed by atoms with Crippen LogP contribution in [0, 0.1) is 5.41 Å². The number of aliphatic hydroxyl groups is 16. The minimum absolute atomic E-state index is 0.211. The highest BCUT2D eigenvalue weighted by molar-refractivity contribution is 5.82. The SMILES string of the molecule is CCCCCCCCCCC(CCCCCCCCCC)(CNC(=O)[C@H](O)[C@@H](O)[C@H](O)[C@H](O)CO[C@H]1O[C@H](CO)[C@H](O)[C@H](O)[C@H]1O)CNC(=O)[C@H](O)[C@@H](O)[C@H](O)[C@H](O)CO[C@H]1O[C@H](CO)[C@H](O)[C@H](O)[C@H]1O. The van der Waals surface area contributed by atoms with Gasteiger partial charge in [0.05, 0.1) is 26.4 Å². The molecule has 0 aromatic rings. The van der Waals surface area contributed by atoms with Crippen molar-refractivity contribution in [1.29, 1.82) is 0 Å². The molecule has 0 radical (unpaired) electrons. The van der Waals surface area contributed by atoms with Crippen molar-refractivity contribution >= 4 is 11.8 Å². The number of ether oxygens (including phenoxy) is 4. The van der Waals surface area contributed by atoms with E-state index in [2.05, 4.69) is 24.5 Å². The Bertz CT molecular complexity index is 1320. The third kappa shape index (κ3) is 21.4. The van der Waals surface area contributed by atoms with Crippen LogP contribution in [0.4, 0.5) is 0 Å². The van der Waals surface area contributed by atoms with Crippen molar-refractivity contribution < 1.29 is 110 Å². The van der Waals surface area contributed by atoms with Crippen molar-refractivity contribution in [3.63, 3.8) is 0 Å². The van der Waals surface area contributed by atoms with Crippen molar-refractivity contribution in [1.82, 2.24) is 10.6 Å². The molecule has 0 aliphatic carbocycles. The van der Waals surface area contributed by atoms with Gasteiger partial charge in [0.15, 0.2) is 24.8 Å². The van der Waals surface area contributed by atoms with Crippen LogP contribution in [0.15, 0.2) is 0 Å². The summed E-state index contributed by atoms with van der Waals surface area (Å²) in [6.45, 7) is 0.550. The van der Waals surface area contributed by atoms with Crippen molar-refractivity contribution in [2.75, 3.05) is 39.5 Å². The predicted molar refractivity (Wildman–Crippen MR) is 250 cm³/mol. The molecule has 24 heteroatoms. The molecule has 0 spiro atoms. The fourth-order valence-corrected chi connectivity index (χ4v) is 8.70. The Morgan fingerprint density at radius 3 is 1.08 bits per heavy atom. The first kappa shape index (κ1) is 65.3. The van der Waals surface area contributed by atoms with Gasteiger partial charge in [0.2, 0.25) is 0 Å². The molecule has 71 heavy (non-hydrogen) atoms. The number of carbonyl (C=O) groups is 2. The van der Waals surface area contributed by atoms with Gasteiger partial charge in [0.25, 0.3) is 11.8 Å². The first-order valence-corrected chi connectivity index (χ1v) is 25.6. The molecule has 18 N–H and O–H groups in total. The third-order valence-corrected chi connectivity index (χ3v) is 13.6. The highest BCUT2D eigenvalue weighted by Gasteiger charge is 2.47. The van der Waals surface area contributed by atoms with Crippen LogP contribution in [0.1, 0.15) is 129 Å². The maximum atomic E-state index is 13.5. The van der Waals surface area contributed by atoms with Gasteiger partial charge in [-0.2, -0.15) is 0 Å². The van der Waals surface area contributed by atoms with Crippen molar-refractivity contribution in [3.05, 3.63) is 0 Å². The highest BCUT2D eigenvalue weighted by Crippen LogP contribution is 2.32. The van der Waals surface area contributed by atoms with Gasteiger partial charge in [0, 0.05) is 18.5 Å². The smallest absolute Gasteiger partial charge is 0.251 e. The molecule has 2 rings (SSSR count). The summed E-state index contributed by atoms with van der Waals surface area (Å²) in [5, 5.41) is 171. The van der Waals surface area contributed by atoms with E-state index < -0.39 is 154 Å². The monoisotopic (exact) mass is 1030 g/mol. The number of aliphatic hydroxyl groups excluding tert-OH is 16. The predicted octanol–water partition coefficient (Wildman–Crippen LogP) is -4.21. The summed E-state index contributed by atoms with van der Waals surface area (Å²) in [5.41, 5.74) is -0.972. The van der Waals surface area contributed by atoms with E-state index in [-0.39, 0.29) is 13.1 Å². The van der Waals surface area contributed by atoms with E-state index in [1.165, 1.54) is 0 Å². The number of amides is 2. The molecule has 420 valence electrons. The summed E-state index contributed by atoms with van der Waals surface area (Å²) in [5.74, 6) is -2.33. The molecular weight excluding hydrogens is 945 g/mol. The molecule has 0 aromatic carbocycles. The lowest BCUT2D eigenvalue weighted by Crippen LogP contribution is -2.60. The Morgan fingerprint density at radius 2 is 0.775 bits per heavy atom. The molecule has 2 fully saturated rings. The Hall–Kier alpha value is -1.86. The van der Waals surface area contributed by atoms with Gasteiger partial charge in [-0.25, -0.2) is 0 Å². The molecule has 2 aliphatic heterocycles. The molecule has 0 unspecified atom stereocenters. The second-order valence-electron chi connectivity index (χ2n) is 19.4. The zero-order valence-corrected chi connectivity index (χ0v) is 41.5. The molecule has 2 heterocycles. The van der Waals surface area contributed by atoms with E-state index in [0.717, 1.165) is 89.9 Å². The molecule has 0 aromatic heterocycles. The van der Waals surface area contributed by atoms with Gasteiger partial charge in [-0.05, 0) is 12.8 Å². The second kappa shape index (κ2) is 34.7. The number of nitrogens with one attached hydrogen (secondary N) is 2. The Balaban J connectivity index is 2.22. The summed E-state index contributed by atoms with van der Waals surface area (Å²) in [4.78, 5) is 27.0. The summed E-state index contributed by atoms with van der Waals surface area (Å²) in [7, 11) is 0. The van der Waals surface area contributed by atoms with Crippen LogP contribution in [0.3, 0.4) is 0 Å². The number of unbranched alkanes of at least 4 members (excludes halogenated alkanes) is 14. The summed E-state index contributed by atoms with van der Waals surface area (Å²) >= 11 is 0. The van der Waals surface area contributed by atoms with Gasteiger partial charge in [-0.1, -0.05) is 117 Å². The number of carbonyl (C=O) groups excluding carboxylic acids is 2. The average molecular weight is 1040 g/mol. The van der Waals surface area contributed by atoms with Gasteiger partial charge in [-0.15, -0.1) is 0 Å². The largest absolute Gasteiger partial charge is 0.394 e. The fourth-order valence-electron chi connectivity index (χ4n) is 8.70. The van der Waals surface area contributed by atoms with Crippen molar-refractivity contribution in [2.24, 2.45) is 5.41 Å². The third-order valence-electron chi connectivity index (χ3n) is 13.6. The number of hydrogen-bond acceptors (Lipinski definition) is 22. The topological polar surface area (TPSA) is 419 Å². The molecule has 0 saturated carbocycles. The fraction of sp³-hybridized carbons (Fsp3) is 0.957. The van der Waals surface area contributed by atoms with Gasteiger partial charge in [-0.3, -0.25) is 9.59 Å². The molecule has 24 nitrogen and oxygen atoms in total. The normalized spacial score (nSPS) is 28.6. The van der Waals surface area contributed by atoms with Crippen LogP contribution in [0.5, 0.6) is 0 Å². The molecular formula is C47H90N2O22. The van der Waals surface area contributed by atoms with Crippen LogP contribution in [0.25, 0.3) is 0 Å². The van der Waals surface area contributed by atoms with E-state index >= 15 is 0 Å².